The zero-order chi connectivity index (χ0) is 17.1. The van der Waals surface area contributed by atoms with Crippen molar-refractivity contribution in [1.29, 1.82) is 0 Å². The summed E-state index contributed by atoms with van der Waals surface area (Å²) in [5, 5.41) is 0. The van der Waals surface area contributed by atoms with Crippen molar-refractivity contribution in [2.75, 3.05) is 13.7 Å². The Hall–Kier alpha value is -2.24. The molecular formula is C18H23N3O3. The van der Waals surface area contributed by atoms with Crippen LogP contribution in [0, 0.1) is 11.8 Å². The fourth-order valence-corrected chi connectivity index (χ4v) is 3.60. The number of nitrogens with zero attached hydrogens (tertiary/aromatic N) is 2. The van der Waals surface area contributed by atoms with Crippen LogP contribution in [0.5, 0.6) is 5.75 Å². The fraction of sp³-hybridized carbons (Fsp3) is 0.556. The molecule has 2 fully saturated rings. The van der Waals surface area contributed by atoms with Gasteiger partial charge in [0.25, 0.3) is 0 Å². The predicted octanol–water partition coefficient (Wildman–Crippen LogP) is 3.50. The van der Waals surface area contributed by atoms with Crippen molar-refractivity contribution in [3.05, 3.63) is 24.0 Å². The minimum absolute atomic E-state index is 0.0248. The number of fused-ring (bicyclic) bond motifs is 2. The van der Waals surface area contributed by atoms with E-state index in [0.29, 0.717) is 11.8 Å². The highest BCUT2D eigenvalue weighted by Crippen LogP contribution is 2.56. The highest BCUT2D eigenvalue weighted by Gasteiger charge is 2.56. The van der Waals surface area contributed by atoms with E-state index in [9.17, 15) is 4.79 Å². The van der Waals surface area contributed by atoms with Crippen molar-refractivity contribution >= 4 is 17.1 Å². The topological polar surface area (TPSA) is 67.4 Å². The number of carbonyl (C=O) groups is 1. The number of rotatable bonds is 2. The van der Waals surface area contributed by atoms with Gasteiger partial charge in [0.2, 0.25) is 0 Å². The summed E-state index contributed by atoms with van der Waals surface area (Å²) in [6, 6.07) is 5.74. The monoisotopic (exact) mass is 329 g/mol. The molecule has 0 unspecified atom stereocenters. The molecule has 128 valence electrons. The van der Waals surface area contributed by atoms with Gasteiger partial charge in [-0.3, -0.25) is 4.90 Å². The van der Waals surface area contributed by atoms with E-state index in [0.717, 1.165) is 35.6 Å². The number of imidazole rings is 1. The van der Waals surface area contributed by atoms with Crippen LogP contribution in [0.4, 0.5) is 4.79 Å². The molecule has 2 aromatic rings. The van der Waals surface area contributed by atoms with Crippen LogP contribution in [0.3, 0.4) is 0 Å². The largest absolute Gasteiger partial charge is 0.497 e. The zero-order valence-electron chi connectivity index (χ0n) is 14.5. The molecule has 1 aliphatic carbocycles. The van der Waals surface area contributed by atoms with Crippen molar-refractivity contribution < 1.29 is 14.3 Å². The fourth-order valence-electron chi connectivity index (χ4n) is 3.60. The summed E-state index contributed by atoms with van der Waals surface area (Å²) < 4.78 is 10.8. The number of likely N-dealkylation sites (tertiary alicyclic amines) is 1. The summed E-state index contributed by atoms with van der Waals surface area (Å²) in [7, 11) is 1.65. The maximum atomic E-state index is 12.6. The molecule has 6 nitrogen and oxygen atoms in total. The molecule has 0 radical (unpaired) electrons. The molecule has 1 saturated heterocycles. The van der Waals surface area contributed by atoms with Gasteiger partial charge < -0.3 is 14.5 Å². The molecule has 1 aliphatic heterocycles. The minimum atomic E-state index is -0.490. The summed E-state index contributed by atoms with van der Waals surface area (Å²) in [5.41, 5.74) is 1.33. The third kappa shape index (κ3) is 2.60. The summed E-state index contributed by atoms with van der Waals surface area (Å²) in [5.74, 6) is 2.69. The molecule has 0 bridgehead atoms. The molecule has 3 atom stereocenters. The molecule has 1 N–H and O–H groups in total. The number of piperidine rings is 1. The molecule has 6 heteroatoms. The number of amides is 1. The lowest BCUT2D eigenvalue weighted by atomic mass is 10.2. The summed E-state index contributed by atoms with van der Waals surface area (Å²) >= 11 is 0. The molecule has 2 heterocycles. The smallest absolute Gasteiger partial charge is 0.410 e. The van der Waals surface area contributed by atoms with Crippen LogP contribution in [-0.4, -0.2) is 40.2 Å². The Labute approximate surface area is 141 Å². The van der Waals surface area contributed by atoms with E-state index in [2.05, 4.69) is 4.98 Å². The SMILES string of the molecule is COc1ccc2nc([C@@H]3[C@H]4C[C@H]4CN3C(=O)OC(C)(C)C)[nH]c2c1. The third-order valence-electron chi connectivity index (χ3n) is 4.77. The van der Waals surface area contributed by atoms with Crippen LogP contribution in [0.25, 0.3) is 11.0 Å². The van der Waals surface area contributed by atoms with Gasteiger partial charge in [0.15, 0.2) is 0 Å². The number of nitrogens with one attached hydrogen (secondary N) is 1. The van der Waals surface area contributed by atoms with E-state index >= 15 is 0 Å². The standard InChI is InChI=1S/C18H23N3O3/c1-18(2,3)24-17(22)21-9-10-7-12(10)15(21)16-19-13-6-5-11(23-4)8-14(13)20-16/h5-6,8,10,12,15H,7,9H2,1-4H3,(H,19,20)/t10-,12-,15-/m0/s1. The van der Waals surface area contributed by atoms with Gasteiger partial charge in [-0.15, -0.1) is 0 Å². The molecule has 2 aliphatic rings. The van der Waals surface area contributed by atoms with Crippen LogP contribution in [0.2, 0.25) is 0 Å². The van der Waals surface area contributed by atoms with Crippen molar-refractivity contribution in [1.82, 2.24) is 14.9 Å². The van der Waals surface area contributed by atoms with Crippen molar-refractivity contribution in [2.45, 2.75) is 38.8 Å². The normalized spacial score (nSPS) is 25.7. The van der Waals surface area contributed by atoms with E-state index < -0.39 is 5.60 Å². The second-order valence-electron chi connectivity index (χ2n) is 7.74. The van der Waals surface area contributed by atoms with E-state index in [-0.39, 0.29) is 12.1 Å². The van der Waals surface area contributed by atoms with Crippen molar-refractivity contribution in [2.24, 2.45) is 11.8 Å². The van der Waals surface area contributed by atoms with Gasteiger partial charge >= 0.3 is 6.09 Å². The number of carbonyl (C=O) groups excluding carboxylic acids is 1. The molecular weight excluding hydrogens is 306 g/mol. The van der Waals surface area contributed by atoms with Gasteiger partial charge in [0.05, 0.1) is 24.2 Å². The molecule has 0 spiro atoms. The highest BCUT2D eigenvalue weighted by molar-refractivity contribution is 5.77. The first kappa shape index (κ1) is 15.3. The Bertz CT molecular complexity index is 792. The summed E-state index contributed by atoms with van der Waals surface area (Å²) in [4.78, 5) is 22.5. The quantitative estimate of drug-likeness (QED) is 0.915. The zero-order valence-corrected chi connectivity index (χ0v) is 14.5. The molecule has 1 amide bonds. The van der Waals surface area contributed by atoms with Crippen LogP contribution in [-0.2, 0) is 4.74 Å². The molecule has 4 rings (SSSR count). The Kier molecular flexibility index (Phi) is 3.27. The first-order valence-corrected chi connectivity index (χ1v) is 8.39. The van der Waals surface area contributed by atoms with Crippen LogP contribution < -0.4 is 4.74 Å². The number of methoxy groups -OCH3 is 1. The first-order chi connectivity index (χ1) is 11.4. The van der Waals surface area contributed by atoms with Gasteiger partial charge in [-0.1, -0.05) is 0 Å². The number of ether oxygens (including phenoxy) is 2. The Balaban J connectivity index is 1.65. The van der Waals surface area contributed by atoms with Crippen molar-refractivity contribution in [3.63, 3.8) is 0 Å². The number of benzene rings is 1. The average molecular weight is 329 g/mol. The first-order valence-electron chi connectivity index (χ1n) is 8.39. The number of aromatic nitrogens is 2. The van der Waals surface area contributed by atoms with E-state index in [1.807, 2.05) is 43.9 Å². The Morgan fingerprint density at radius 3 is 2.88 bits per heavy atom. The Morgan fingerprint density at radius 2 is 2.17 bits per heavy atom. The number of aromatic amines is 1. The maximum Gasteiger partial charge on any atom is 0.410 e. The average Bonchev–Trinajstić information content (AvgIpc) is 2.98. The van der Waals surface area contributed by atoms with Gasteiger partial charge in [-0.05, 0) is 51.2 Å². The highest BCUT2D eigenvalue weighted by atomic mass is 16.6. The summed E-state index contributed by atoms with van der Waals surface area (Å²) in [6.45, 7) is 6.43. The van der Waals surface area contributed by atoms with Gasteiger partial charge in [0, 0.05) is 12.6 Å². The van der Waals surface area contributed by atoms with Crippen molar-refractivity contribution in [3.8, 4) is 5.75 Å². The lowest BCUT2D eigenvalue weighted by Crippen LogP contribution is -2.38. The Morgan fingerprint density at radius 1 is 1.38 bits per heavy atom. The number of H-pyrrole nitrogens is 1. The third-order valence-corrected chi connectivity index (χ3v) is 4.77. The summed E-state index contributed by atoms with van der Waals surface area (Å²) in [6.07, 6.45) is 0.905. The minimum Gasteiger partial charge on any atom is -0.497 e. The molecule has 1 saturated carbocycles. The van der Waals surface area contributed by atoms with E-state index in [4.69, 9.17) is 14.5 Å². The molecule has 1 aromatic carbocycles. The van der Waals surface area contributed by atoms with Gasteiger partial charge in [-0.25, -0.2) is 9.78 Å². The number of hydrogen-bond donors (Lipinski definition) is 1. The second kappa shape index (κ2) is 5.13. The lowest BCUT2D eigenvalue weighted by molar-refractivity contribution is 0.0184. The molecule has 24 heavy (non-hydrogen) atoms. The maximum absolute atomic E-state index is 12.6. The van der Waals surface area contributed by atoms with Gasteiger partial charge in [-0.2, -0.15) is 0 Å². The van der Waals surface area contributed by atoms with Crippen LogP contribution in [0.1, 0.15) is 39.1 Å². The van der Waals surface area contributed by atoms with E-state index in [1.54, 1.807) is 7.11 Å². The van der Waals surface area contributed by atoms with Gasteiger partial charge in [0.1, 0.15) is 17.2 Å². The predicted molar refractivity (Wildman–Crippen MR) is 89.9 cm³/mol. The van der Waals surface area contributed by atoms with E-state index in [1.165, 1.54) is 0 Å². The van der Waals surface area contributed by atoms with Crippen LogP contribution >= 0.6 is 0 Å². The molecule has 1 aromatic heterocycles. The lowest BCUT2D eigenvalue weighted by Gasteiger charge is -2.29. The number of hydrogen-bond acceptors (Lipinski definition) is 4. The second-order valence-corrected chi connectivity index (χ2v) is 7.74. The van der Waals surface area contributed by atoms with Crippen LogP contribution in [0.15, 0.2) is 18.2 Å².